The Morgan fingerprint density at radius 3 is 2.47 bits per heavy atom. The van der Waals surface area contributed by atoms with Crippen LogP contribution in [-0.2, 0) is 4.79 Å². The van der Waals surface area contributed by atoms with Crippen molar-refractivity contribution < 1.29 is 4.79 Å². The zero-order chi connectivity index (χ0) is 13.2. The van der Waals surface area contributed by atoms with E-state index in [0.29, 0.717) is 17.5 Å². The second kappa shape index (κ2) is 4.57. The summed E-state index contributed by atoms with van der Waals surface area (Å²) in [7, 11) is 0. The number of hydrogen-bond acceptors (Lipinski definition) is 5. The monoisotopic (exact) mass is 237 g/mol. The zero-order valence-corrected chi connectivity index (χ0v) is 10.7. The first kappa shape index (κ1) is 13.2. The normalized spacial score (nSPS) is 11.3. The van der Waals surface area contributed by atoms with E-state index in [1.165, 1.54) is 0 Å². The predicted molar refractivity (Wildman–Crippen MR) is 67.4 cm³/mol. The van der Waals surface area contributed by atoms with Gasteiger partial charge in [-0.25, -0.2) is 9.97 Å². The average molecular weight is 237 g/mol. The SMILES string of the molecule is Cc1nc(N)c(C)c(NC(C)(C)CC(N)=O)n1. The van der Waals surface area contributed by atoms with E-state index in [-0.39, 0.29) is 12.3 Å². The fourth-order valence-corrected chi connectivity index (χ4v) is 1.57. The third kappa shape index (κ3) is 3.58. The minimum absolute atomic E-state index is 0.218. The van der Waals surface area contributed by atoms with Gasteiger partial charge in [-0.05, 0) is 27.7 Å². The van der Waals surface area contributed by atoms with Crippen molar-refractivity contribution in [2.24, 2.45) is 5.73 Å². The van der Waals surface area contributed by atoms with Crippen molar-refractivity contribution in [2.75, 3.05) is 11.1 Å². The molecule has 6 nitrogen and oxygen atoms in total. The van der Waals surface area contributed by atoms with Crippen molar-refractivity contribution in [3.8, 4) is 0 Å². The van der Waals surface area contributed by atoms with Crippen molar-refractivity contribution in [3.05, 3.63) is 11.4 Å². The van der Waals surface area contributed by atoms with Crippen molar-refractivity contribution in [1.29, 1.82) is 0 Å². The molecule has 1 aromatic heterocycles. The number of nitrogens with two attached hydrogens (primary N) is 2. The standard InChI is InChI=1S/C11H19N5O/c1-6-9(13)14-7(2)15-10(6)16-11(3,4)5-8(12)17/h5H2,1-4H3,(H2,12,17)(H3,13,14,15,16). The molecule has 0 saturated carbocycles. The molecule has 6 heteroatoms. The van der Waals surface area contributed by atoms with Crippen molar-refractivity contribution in [3.63, 3.8) is 0 Å². The summed E-state index contributed by atoms with van der Waals surface area (Å²) < 4.78 is 0. The van der Waals surface area contributed by atoms with Crippen LogP contribution in [0.2, 0.25) is 0 Å². The molecule has 17 heavy (non-hydrogen) atoms. The molecule has 1 heterocycles. The molecule has 0 fully saturated rings. The van der Waals surface area contributed by atoms with Gasteiger partial charge in [-0.3, -0.25) is 4.79 Å². The number of hydrogen-bond donors (Lipinski definition) is 3. The summed E-state index contributed by atoms with van der Waals surface area (Å²) in [6.07, 6.45) is 0.218. The van der Waals surface area contributed by atoms with E-state index >= 15 is 0 Å². The van der Waals surface area contributed by atoms with Crippen LogP contribution in [0.1, 0.15) is 31.7 Å². The number of rotatable bonds is 4. The van der Waals surface area contributed by atoms with Crippen LogP contribution in [0.4, 0.5) is 11.6 Å². The Morgan fingerprint density at radius 1 is 1.35 bits per heavy atom. The average Bonchev–Trinajstić information content (AvgIpc) is 2.10. The third-order valence-corrected chi connectivity index (χ3v) is 2.37. The van der Waals surface area contributed by atoms with Gasteiger partial charge < -0.3 is 16.8 Å². The lowest BCUT2D eigenvalue weighted by atomic mass is 10.00. The summed E-state index contributed by atoms with van der Waals surface area (Å²) >= 11 is 0. The first-order chi connectivity index (χ1) is 7.71. The summed E-state index contributed by atoms with van der Waals surface area (Å²) in [6.45, 7) is 7.36. The summed E-state index contributed by atoms with van der Waals surface area (Å²) in [5, 5.41) is 3.17. The quantitative estimate of drug-likeness (QED) is 0.716. The zero-order valence-electron chi connectivity index (χ0n) is 10.7. The van der Waals surface area contributed by atoms with Crippen molar-refractivity contribution >= 4 is 17.5 Å². The molecular weight excluding hydrogens is 218 g/mol. The van der Waals surface area contributed by atoms with Crippen LogP contribution >= 0.6 is 0 Å². The maximum atomic E-state index is 10.9. The van der Waals surface area contributed by atoms with Crippen molar-refractivity contribution in [2.45, 2.75) is 39.7 Å². The Morgan fingerprint density at radius 2 is 1.94 bits per heavy atom. The van der Waals surface area contributed by atoms with E-state index in [4.69, 9.17) is 11.5 Å². The lowest BCUT2D eigenvalue weighted by Gasteiger charge is -2.26. The first-order valence-electron chi connectivity index (χ1n) is 5.38. The van der Waals surface area contributed by atoms with Gasteiger partial charge in [0.2, 0.25) is 5.91 Å². The molecule has 1 rings (SSSR count). The first-order valence-corrected chi connectivity index (χ1v) is 5.38. The minimum atomic E-state index is -0.468. The number of nitrogens with zero attached hydrogens (tertiary/aromatic N) is 2. The Kier molecular flexibility index (Phi) is 3.55. The third-order valence-electron chi connectivity index (χ3n) is 2.37. The number of nitrogen functional groups attached to an aromatic ring is 1. The van der Waals surface area contributed by atoms with Crippen LogP contribution in [-0.4, -0.2) is 21.4 Å². The molecule has 0 spiro atoms. The van der Waals surface area contributed by atoms with Crippen LogP contribution in [0.25, 0.3) is 0 Å². The van der Waals surface area contributed by atoms with Gasteiger partial charge in [-0.15, -0.1) is 0 Å². The highest BCUT2D eigenvalue weighted by molar-refractivity contribution is 5.75. The highest BCUT2D eigenvalue weighted by Gasteiger charge is 2.22. The van der Waals surface area contributed by atoms with E-state index in [9.17, 15) is 4.79 Å². The molecule has 0 unspecified atom stereocenters. The Balaban J connectivity index is 2.98. The van der Waals surface area contributed by atoms with Crippen LogP contribution < -0.4 is 16.8 Å². The van der Waals surface area contributed by atoms with Gasteiger partial charge >= 0.3 is 0 Å². The molecule has 1 amide bonds. The lowest BCUT2D eigenvalue weighted by Crippen LogP contribution is -2.36. The largest absolute Gasteiger partial charge is 0.383 e. The topological polar surface area (TPSA) is 107 Å². The van der Waals surface area contributed by atoms with E-state index in [0.717, 1.165) is 5.56 Å². The molecule has 0 saturated heterocycles. The summed E-state index contributed by atoms with van der Waals surface area (Å²) in [5.74, 6) is 1.31. The second-order valence-corrected chi connectivity index (χ2v) is 4.78. The Bertz CT molecular complexity index is 442. The molecule has 0 bridgehead atoms. The number of carbonyl (C=O) groups excluding carboxylic acids is 1. The van der Waals surface area contributed by atoms with Crippen LogP contribution in [0.5, 0.6) is 0 Å². The van der Waals surface area contributed by atoms with Crippen molar-refractivity contribution in [1.82, 2.24) is 9.97 Å². The van der Waals surface area contributed by atoms with E-state index in [1.54, 1.807) is 6.92 Å². The highest BCUT2D eigenvalue weighted by atomic mass is 16.1. The molecule has 0 aliphatic rings. The van der Waals surface area contributed by atoms with E-state index in [1.807, 2.05) is 20.8 Å². The number of amides is 1. The molecule has 0 aromatic carbocycles. The summed E-state index contributed by atoms with van der Waals surface area (Å²) in [5.41, 5.74) is 11.3. The number of aromatic nitrogens is 2. The number of carbonyl (C=O) groups is 1. The fourth-order valence-electron chi connectivity index (χ4n) is 1.57. The molecule has 0 atom stereocenters. The second-order valence-electron chi connectivity index (χ2n) is 4.78. The number of anilines is 2. The van der Waals surface area contributed by atoms with Gasteiger partial charge in [0, 0.05) is 17.5 Å². The van der Waals surface area contributed by atoms with E-state index in [2.05, 4.69) is 15.3 Å². The van der Waals surface area contributed by atoms with Gasteiger partial charge in [0.15, 0.2) is 0 Å². The maximum Gasteiger partial charge on any atom is 0.219 e. The molecule has 0 aliphatic carbocycles. The van der Waals surface area contributed by atoms with Gasteiger partial charge in [0.05, 0.1) is 0 Å². The van der Waals surface area contributed by atoms with Crippen LogP contribution in [0.15, 0.2) is 0 Å². The Hall–Kier alpha value is -1.85. The number of aryl methyl sites for hydroxylation is 1. The highest BCUT2D eigenvalue weighted by Crippen LogP contribution is 2.22. The fraction of sp³-hybridized carbons (Fsp3) is 0.545. The Labute approximate surface area is 101 Å². The molecule has 0 radical (unpaired) electrons. The molecular formula is C11H19N5O. The molecule has 94 valence electrons. The van der Waals surface area contributed by atoms with Gasteiger partial charge in [0.25, 0.3) is 0 Å². The maximum absolute atomic E-state index is 10.9. The molecule has 0 aliphatic heterocycles. The predicted octanol–water partition coefficient (Wildman–Crippen LogP) is 0.742. The van der Waals surface area contributed by atoms with Gasteiger partial charge in [-0.1, -0.05) is 0 Å². The molecule has 5 N–H and O–H groups in total. The summed E-state index contributed by atoms with van der Waals surface area (Å²) in [6, 6.07) is 0. The number of nitrogens with one attached hydrogen (secondary N) is 1. The molecule has 1 aromatic rings. The van der Waals surface area contributed by atoms with Crippen LogP contribution in [0.3, 0.4) is 0 Å². The minimum Gasteiger partial charge on any atom is -0.383 e. The smallest absolute Gasteiger partial charge is 0.219 e. The van der Waals surface area contributed by atoms with Gasteiger partial charge in [-0.2, -0.15) is 0 Å². The summed E-state index contributed by atoms with van der Waals surface area (Å²) in [4.78, 5) is 19.3. The van der Waals surface area contributed by atoms with Crippen LogP contribution in [0, 0.1) is 13.8 Å². The number of primary amides is 1. The van der Waals surface area contributed by atoms with E-state index < -0.39 is 5.54 Å². The lowest BCUT2D eigenvalue weighted by molar-refractivity contribution is -0.118. The van der Waals surface area contributed by atoms with Gasteiger partial charge in [0.1, 0.15) is 17.5 Å².